The van der Waals surface area contributed by atoms with E-state index in [1.165, 1.54) is 12.1 Å². The van der Waals surface area contributed by atoms with Crippen LogP contribution in [0.3, 0.4) is 0 Å². The summed E-state index contributed by atoms with van der Waals surface area (Å²) in [5.41, 5.74) is 2.62. The van der Waals surface area contributed by atoms with Gasteiger partial charge in [-0.2, -0.15) is 39.5 Å². The predicted octanol–water partition coefficient (Wildman–Crippen LogP) is 6.71. The van der Waals surface area contributed by atoms with Crippen molar-refractivity contribution in [3.63, 3.8) is 0 Å². The molecule has 21 nitrogen and oxygen atoms in total. The Morgan fingerprint density at radius 3 is 1.01 bits per heavy atom. The standard InChI is InChI=1S/C24H24B3F3O7S.C22H26B3F3O7S.C21H24B3F3O7S/c1-23(2,3)16-4-5-17(18(8-16)22(32)36-19(24(28,29)30)12-38(33,34)35)21(31)37-20-14(10-26)6-13(9-25)7-15(20)11-27;23-9-13-7-14(10-24)19(15(8-13)11-25)35-21(30)17-6-4-2-1-3-5-16(17)20(29)34-18(22(26,27)28)12-36(31,32)33;1-20(2)5-14(18(28)33-16(21(25,26)27)10-35(30,31)32)15(6-20)19(29)34-17-12(8-23)3-11(7-22)4-13(17)9-24/h4-8,19H,9-12H2,1-3H3,(H,33,34,35);7-8,16-18H,1-6,9-12H2,(H,31,32,33);3-4,14-16H,5-10H2,1-2H3,(H,30,31,32)/p-3. The topological polar surface area (TPSA) is 329 Å². The molecule has 7 unspecified atom stereocenters. The van der Waals surface area contributed by atoms with Gasteiger partial charge in [-0.05, 0) is 87.6 Å². The number of carbonyl (C=O) groups excluding carboxylic acids is 6. The first kappa shape index (κ1) is 94.8. The molecule has 2 fully saturated rings. The second-order valence-corrected chi connectivity index (χ2v) is 31.7. The maximum atomic E-state index is 13.4. The molecule has 0 saturated heterocycles. The lowest BCUT2D eigenvalue weighted by Gasteiger charge is -2.29. The van der Waals surface area contributed by atoms with Gasteiger partial charge in [-0.25, -0.2) is 34.8 Å². The Morgan fingerprint density at radius 2 is 0.706 bits per heavy atom. The second-order valence-electron chi connectivity index (χ2n) is 27.3. The fourth-order valence-corrected chi connectivity index (χ4v) is 13.8. The molecule has 42 heteroatoms. The molecule has 0 heterocycles. The van der Waals surface area contributed by atoms with Crippen LogP contribution in [0.5, 0.6) is 17.2 Å². The first-order valence-electron chi connectivity index (χ1n) is 33.4. The van der Waals surface area contributed by atoms with Crippen molar-refractivity contribution in [3.8, 4) is 17.2 Å². The Hall–Kier alpha value is -6.62. The summed E-state index contributed by atoms with van der Waals surface area (Å²) < 4.78 is 248. The highest BCUT2D eigenvalue weighted by atomic mass is 32.2. The van der Waals surface area contributed by atoms with Gasteiger partial charge in [0.05, 0.1) is 153 Å². The quantitative estimate of drug-likeness (QED) is 0.0149. The molecule has 4 aromatic carbocycles. The normalized spacial score (nSPS) is 17.9. The third-order valence-corrected chi connectivity index (χ3v) is 19.4. The lowest BCUT2D eigenvalue weighted by Crippen LogP contribution is -2.43. The van der Waals surface area contributed by atoms with E-state index in [9.17, 15) is 107 Å². The van der Waals surface area contributed by atoms with Gasteiger partial charge >= 0.3 is 54.3 Å². The lowest BCUT2D eigenvalue weighted by atomic mass is 9.81. The van der Waals surface area contributed by atoms with E-state index in [4.69, 9.17) is 84.8 Å². The van der Waals surface area contributed by atoms with E-state index >= 15 is 0 Å². The van der Waals surface area contributed by atoms with Gasteiger partial charge in [-0.1, -0.05) is 176 Å². The van der Waals surface area contributed by atoms with Crippen molar-refractivity contribution in [1.29, 1.82) is 0 Å². The Kier molecular flexibility index (Phi) is 34.5. The Morgan fingerprint density at radius 1 is 0.413 bits per heavy atom. The number of ether oxygens (including phenoxy) is 6. The maximum Gasteiger partial charge on any atom is 0.426 e. The van der Waals surface area contributed by atoms with Gasteiger partial charge in [0.2, 0.25) is 18.3 Å². The monoisotopic (exact) mass is 1580 g/mol. The van der Waals surface area contributed by atoms with Crippen LogP contribution in [-0.4, -0.2) is 199 Å². The molecule has 2 aliphatic rings. The van der Waals surface area contributed by atoms with Gasteiger partial charge in [0.15, 0.2) is 0 Å². The van der Waals surface area contributed by atoms with Gasteiger partial charge in [0.1, 0.15) is 17.2 Å². The molecule has 2 aliphatic carbocycles. The molecule has 6 rings (SSSR count). The van der Waals surface area contributed by atoms with E-state index in [0.29, 0.717) is 74.9 Å². The van der Waals surface area contributed by atoms with Gasteiger partial charge in [0, 0.05) is 0 Å². The summed E-state index contributed by atoms with van der Waals surface area (Å²) in [6.07, 6.45) is -22.7. The van der Waals surface area contributed by atoms with Gasteiger partial charge in [0.25, 0.3) is 0 Å². The van der Waals surface area contributed by atoms with E-state index in [2.05, 4.69) is 14.2 Å². The number of rotatable bonds is 27. The SMILES string of the molecule is [B]Cc1cc(C[B])c(OC(=O)C2CC(C)(C)CC2C(=O)OC(CS(=O)(=O)[O-])C(F)(F)F)c(C[B])c1.[B]Cc1cc(C[B])c(OC(=O)C2CCCCCCC2C(=O)OC(CS(=O)(=O)[O-])C(F)(F)F)c(C[B])c1.[B]Cc1cc(C[B])c(OC(=O)c2ccc(C(C)(C)C)cc2C(=O)OC(CS(=O)(=O)[O-])C(F)(F)F)c(C[B])c1. The first-order valence-corrected chi connectivity index (χ1v) is 38.1. The van der Waals surface area contributed by atoms with Gasteiger partial charge < -0.3 is 42.1 Å². The van der Waals surface area contributed by atoms with Crippen molar-refractivity contribution in [3.05, 3.63) is 121 Å². The summed E-state index contributed by atoms with van der Waals surface area (Å²) in [5, 5.41) is 0. The lowest BCUT2D eigenvalue weighted by molar-refractivity contribution is -0.219. The molecule has 18 radical (unpaired) electrons. The minimum Gasteiger partial charge on any atom is -0.748 e. The fraction of sp³-hybridized carbons (Fsp3) is 0.552. The summed E-state index contributed by atoms with van der Waals surface area (Å²) >= 11 is 0. The summed E-state index contributed by atoms with van der Waals surface area (Å²) in [7, 11) is 35.5. The number of hydrogen-bond acceptors (Lipinski definition) is 21. The Bertz CT molecular complexity index is 4170. The molecule has 0 bridgehead atoms. The molecule has 4 aromatic rings. The zero-order valence-corrected chi connectivity index (χ0v) is 62.2. The highest BCUT2D eigenvalue weighted by Gasteiger charge is 2.52. The van der Waals surface area contributed by atoms with E-state index in [1.807, 2.05) is 0 Å². The van der Waals surface area contributed by atoms with Crippen LogP contribution in [0.4, 0.5) is 39.5 Å². The van der Waals surface area contributed by atoms with Crippen molar-refractivity contribution < 1.29 is 136 Å². The summed E-state index contributed by atoms with van der Waals surface area (Å²) in [5.74, 6) is -18.3. The molecule has 109 heavy (non-hydrogen) atoms. The van der Waals surface area contributed by atoms with Crippen LogP contribution in [0.1, 0.15) is 162 Å². The van der Waals surface area contributed by atoms with Crippen molar-refractivity contribution in [2.45, 2.75) is 185 Å². The van der Waals surface area contributed by atoms with Crippen LogP contribution >= 0.6 is 0 Å². The maximum absolute atomic E-state index is 13.4. The molecule has 0 amide bonds. The molecule has 0 aromatic heterocycles. The van der Waals surface area contributed by atoms with Crippen molar-refractivity contribution in [2.24, 2.45) is 29.1 Å². The van der Waals surface area contributed by atoms with Crippen molar-refractivity contribution in [2.75, 3.05) is 17.3 Å². The third kappa shape index (κ3) is 28.8. The predicted molar refractivity (Wildman–Crippen MR) is 381 cm³/mol. The summed E-state index contributed by atoms with van der Waals surface area (Å²) in [4.78, 5) is 78.0. The number of carbonyl (C=O) groups is 6. The van der Waals surface area contributed by atoms with E-state index < -0.39 is 166 Å². The highest BCUT2D eigenvalue weighted by molar-refractivity contribution is 7.86. The van der Waals surface area contributed by atoms with Crippen LogP contribution < -0.4 is 14.2 Å². The van der Waals surface area contributed by atoms with Crippen LogP contribution in [0.25, 0.3) is 0 Å². The molecule has 576 valence electrons. The van der Waals surface area contributed by atoms with E-state index in [0.717, 1.165) is 12.5 Å². The molecule has 7 atom stereocenters. The van der Waals surface area contributed by atoms with Crippen molar-refractivity contribution in [1.82, 2.24) is 0 Å². The van der Waals surface area contributed by atoms with Crippen LogP contribution in [0.2, 0.25) is 0 Å². The van der Waals surface area contributed by atoms with E-state index in [-0.39, 0.29) is 99.8 Å². The first-order chi connectivity index (χ1) is 50.2. The minimum atomic E-state index is -5.43. The molecule has 0 N–H and O–H groups in total. The summed E-state index contributed by atoms with van der Waals surface area (Å²) in [6, 6.07) is 13.5. The van der Waals surface area contributed by atoms with Gasteiger partial charge in [-0.3, -0.25) is 19.2 Å². The largest absolute Gasteiger partial charge is 0.748 e. The van der Waals surface area contributed by atoms with Gasteiger partial charge in [-0.15, -0.1) is 0 Å². The zero-order valence-electron chi connectivity index (χ0n) is 59.8. The second kappa shape index (κ2) is 39.7. The minimum absolute atomic E-state index is 0.00188. The summed E-state index contributed by atoms with van der Waals surface area (Å²) in [6.45, 7) is 8.65. The van der Waals surface area contributed by atoms with Crippen LogP contribution in [-0.2, 0) is 126 Å². The average molecular weight is 1580 g/mol. The number of alkyl halides is 9. The third-order valence-electron chi connectivity index (χ3n) is 17.3. The number of hydrogen-bond donors (Lipinski definition) is 0. The zero-order chi connectivity index (χ0) is 82.9. The van der Waals surface area contributed by atoms with Crippen molar-refractivity contribution >= 4 is 137 Å². The van der Waals surface area contributed by atoms with Crippen LogP contribution in [0.15, 0.2) is 54.6 Å². The highest BCUT2D eigenvalue weighted by Crippen LogP contribution is 2.47. The Balaban J connectivity index is 0.000000346. The molecular weight excluding hydrogens is 1510 g/mol. The van der Waals surface area contributed by atoms with Crippen LogP contribution in [0, 0.1) is 29.1 Å². The molecule has 0 spiro atoms. The number of esters is 6. The number of benzene rings is 4. The van der Waals surface area contributed by atoms with E-state index in [1.54, 1.807) is 71.0 Å². The fourth-order valence-electron chi connectivity index (χ4n) is 11.9. The smallest absolute Gasteiger partial charge is 0.426 e. The Labute approximate surface area is 639 Å². The molecular formula is C67H71B9F9O21S3-3. The average Bonchev–Trinajstić information content (AvgIpc) is 1.78. The number of halogens is 9. The molecule has 0 aliphatic heterocycles. The molecule has 2 saturated carbocycles.